The van der Waals surface area contributed by atoms with Crippen molar-refractivity contribution in [2.45, 2.75) is 53.1 Å². The molecule has 0 radical (unpaired) electrons. The first-order chi connectivity index (χ1) is 13.0. The molecule has 1 aromatic carbocycles. The van der Waals surface area contributed by atoms with Crippen LogP contribution in [0.2, 0.25) is 0 Å². The predicted molar refractivity (Wildman–Crippen MR) is 105 cm³/mol. The predicted octanol–water partition coefficient (Wildman–Crippen LogP) is 3.65. The Kier molecular flexibility index (Phi) is 4.42. The summed E-state index contributed by atoms with van der Waals surface area (Å²) in [5, 5.41) is 8.41. The molecule has 140 valence electrons. The second-order valence-corrected chi connectivity index (χ2v) is 7.44. The molecular formula is C21H25N5O. The number of rotatable bonds is 5. The quantitative estimate of drug-likeness (QED) is 0.751. The van der Waals surface area contributed by atoms with E-state index in [9.17, 15) is 4.79 Å². The lowest BCUT2D eigenvalue weighted by Gasteiger charge is -2.19. The molecule has 0 bridgehead atoms. The second kappa shape index (κ2) is 6.76. The normalized spacial score (nSPS) is 15.1. The largest absolute Gasteiger partial charge is 0.342 e. The molecule has 1 aliphatic carbocycles. The van der Waals surface area contributed by atoms with Crippen LogP contribution in [-0.4, -0.2) is 25.7 Å². The van der Waals surface area contributed by atoms with Gasteiger partial charge in [-0.25, -0.2) is 9.67 Å². The van der Waals surface area contributed by atoms with Gasteiger partial charge in [0.05, 0.1) is 17.1 Å². The summed E-state index contributed by atoms with van der Waals surface area (Å²) in [4.78, 5) is 22.4. The van der Waals surface area contributed by atoms with Crippen LogP contribution >= 0.6 is 0 Å². The van der Waals surface area contributed by atoms with E-state index in [1.54, 1.807) is 6.33 Å². The molecule has 2 aromatic heterocycles. The third-order valence-electron chi connectivity index (χ3n) is 5.48. The second-order valence-electron chi connectivity index (χ2n) is 7.44. The van der Waals surface area contributed by atoms with Crippen LogP contribution in [0.1, 0.15) is 58.8 Å². The maximum Gasteiger partial charge on any atom is 0.252 e. The zero-order chi connectivity index (χ0) is 19.1. The fraction of sp³-hybridized carbons (Fsp3) is 0.429. The molecule has 1 saturated carbocycles. The molecule has 0 aliphatic heterocycles. The third-order valence-corrected chi connectivity index (χ3v) is 5.48. The van der Waals surface area contributed by atoms with E-state index >= 15 is 0 Å². The van der Waals surface area contributed by atoms with Crippen molar-refractivity contribution in [1.29, 1.82) is 0 Å². The number of amides is 1. The monoisotopic (exact) mass is 363 g/mol. The number of fused-ring (bicyclic) bond motifs is 1. The first kappa shape index (κ1) is 17.6. The van der Waals surface area contributed by atoms with Crippen LogP contribution in [0, 0.1) is 26.7 Å². The summed E-state index contributed by atoms with van der Waals surface area (Å²) >= 11 is 0. The molecule has 1 atom stereocenters. The zero-order valence-electron chi connectivity index (χ0n) is 16.3. The van der Waals surface area contributed by atoms with E-state index in [4.69, 9.17) is 0 Å². The Morgan fingerprint density at radius 3 is 2.78 bits per heavy atom. The number of aryl methyl sites for hydroxylation is 4. The van der Waals surface area contributed by atoms with Crippen molar-refractivity contribution in [3.63, 3.8) is 0 Å². The van der Waals surface area contributed by atoms with E-state index in [0.29, 0.717) is 11.5 Å². The Balaban J connectivity index is 1.73. The number of benzene rings is 1. The van der Waals surface area contributed by atoms with Crippen molar-refractivity contribution >= 4 is 16.8 Å². The van der Waals surface area contributed by atoms with Crippen molar-refractivity contribution < 1.29 is 4.79 Å². The highest BCUT2D eigenvalue weighted by molar-refractivity contribution is 6.07. The van der Waals surface area contributed by atoms with Crippen LogP contribution in [0.4, 0.5) is 0 Å². The first-order valence-electron chi connectivity index (χ1n) is 9.55. The molecular weight excluding hydrogens is 338 g/mol. The number of hydrogen-bond acceptors (Lipinski definition) is 4. The van der Waals surface area contributed by atoms with Gasteiger partial charge in [-0.3, -0.25) is 9.78 Å². The van der Waals surface area contributed by atoms with Gasteiger partial charge in [-0.1, -0.05) is 12.1 Å². The van der Waals surface area contributed by atoms with E-state index in [1.807, 2.05) is 30.7 Å². The highest BCUT2D eigenvalue weighted by atomic mass is 16.1. The Morgan fingerprint density at radius 1 is 1.30 bits per heavy atom. The van der Waals surface area contributed by atoms with Crippen LogP contribution in [-0.2, 0) is 6.54 Å². The number of aromatic nitrogens is 4. The molecule has 1 fully saturated rings. The SMILES string of the molecule is CCn1ncnc1[C@@H](NC(=O)c1cc(C)nc2c(C)c(C)ccc12)C1CC1. The maximum absolute atomic E-state index is 13.2. The van der Waals surface area contributed by atoms with Crippen LogP contribution in [0.5, 0.6) is 0 Å². The fourth-order valence-electron chi connectivity index (χ4n) is 3.64. The van der Waals surface area contributed by atoms with E-state index in [0.717, 1.165) is 47.4 Å². The fourth-order valence-corrected chi connectivity index (χ4v) is 3.64. The van der Waals surface area contributed by atoms with Crippen molar-refractivity contribution in [2.75, 3.05) is 0 Å². The number of pyridine rings is 1. The topological polar surface area (TPSA) is 72.7 Å². The molecule has 6 nitrogen and oxygen atoms in total. The molecule has 2 heterocycles. The molecule has 1 amide bonds. The minimum Gasteiger partial charge on any atom is -0.342 e. The number of nitrogens with one attached hydrogen (secondary N) is 1. The molecule has 6 heteroatoms. The summed E-state index contributed by atoms with van der Waals surface area (Å²) in [6.07, 6.45) is 3.78. The average molecular weight is 363 g/mol. The van der Waals surface area contributed by atoms with Gasteiger partial charge in [0.2, 0.25) is 0 Å². The van der Waals surface area contributed by atoms with Crippen molar-refractivity contribution in [3.05, 3.63) is 52.7 Å². The summed E-state index contributed by atoms with van der Waals surface area (Å²) in [6, 6.07) is 5.83. The Bertz CT molecular complexity index is 1020. The molecule has 4 rings (SSSR count). The standard InChI is InChI=1S/C21H25N5O/c1-5-26-20(22-11-23-26)19(15-7-8-15)25-21(27)17-10-13(3)24-18-14(4)12(2)6-9-16(17)18/h6,9-11,15,19H,5,7-8H2,1-4H3,(H,25,27)/t19-/m0/s1. The zero-order valence-corrected chi connectivity index (χ0v) is 16.3. The highest BCUT2D eigenvalue weighted by Crippen LogP contribution is 2.40. The van der Waals surface area contributed by atoms with Crippen molar-refractivity contribution in [1.82, 2.24) is 25.1 Å². The van der Waals surface area contributed by atoms with E-state index in [-0.39, 0.29) is 11.9 Å². The minimum atomic E-state index is -0.102. The Hall–Kier alpha value is -2.76. The summed E-state index contributed by atoms with van der Waals surface area (Å²) in [6.45, 7) is 8.84. The van der Waals surface area contributed by atoms with Gasteiger partial charge < -0.3 is 5.32 Å². The molecule has 27 heavy (non-hydrogen) atoms. The molecule has 3 aromatic rings. The van der Waals surface area contributed by atoms with Gasteiger partial charge in [0.1, 0.15) is 12.2 Å². The molecule has 1 N–H and O–H groups in total. The summed E-state index contributed by atoms with van der Waals surface area (Å²) < 4.78 is 1.87. The number of carbonyl (C=O) groups excluding carboxylic acids is 1. The number of carbonyl (C=O) groups is 1. The van der Waals surface area contributed by atoms with Gasteiger partial charge in [0, 0.05) is 17.6 Å². The molecule has 0 saturated heterocycles. The molecule has 0 unspecified atom stereocenters. The minimum absolute atomic E-state index is 0.0729. The van der Waals surface area contributed by atoms with Crippen LogP contribution < -0.4 is 5.32 Å². The van der Waals surface area contributed by atoms with Gasteiger partial charge in [-0.05, 0) is 63.6 Å². The number of nitrogens with zero attached hydrogens (tertiary/aromatic N) is 4. The number of hydrogen-bond donors (Lipinski definition) is 1. The van der Waals surface area contributed by atoms with E-state index < -0.39 is 0 Å². The smallest absolute Gasteiger partial charge is 0.252 e. The van der Waals surface area contributed by atoms with Crippen LogP contribution in [0.25, 0.3) is 10.9 Å². The Labute approximate surface area is 159 Å². The third kappa shape index (κ3) is 3.20. The van der Waals surface area contributed by atoms with Gasteiger partial charge >= 0.3 is 0 Å². The summed E-state index contributed by atoms with van der Waals surface area (Å²) in [5.41, 5.74) is 4.73. The van der Waals surface area contributed by atoms with Gasteiger partial charge in [0.15, 0.2) is 0 Å². The van der Waals surface area contributed by atoms with Gasteiger partial charge in [-0.15, -0.1) is 0 Å². The lowest BCUT2D eigenvalue weighted by Crippen LogP contribution is -2.32. The lowest BCUT2D eigenvalue weighted by atomic mass is 10.00. The summed E-state index contributed by atoms with van der Waals surface area (Å²) in [7, 11) is 0. The van der Waals surface area contributed by atoms with Crippen LogP contribution in [0.3, 0.4) is 0 Å². The molecule has 0 spiro atoms. The van der Waals surface area contributed by atoms with E-state index in [1.165, 1.54) is 5.56 Å². The Morgan fingerprint density at radius 2 is 2.07 bits per heavy atom. The van der Waals surface area contributed by atoms with E-state index in [2.05, 4.69) is 40.3 Å². The lowest BCUT2D eigenvalue weighted by molar-refractivity contribution is 0.0930. The van der Waals surface area contributed by atoms with Crippen molar-refractivity contribution in [2.24, 2.45) is 5.92 Å². The average Bonchev–Trinajstić information content (AvgIpc) is 3.39. The van der Waals surface area contributed by atoms with Crippen molar-refractivity contribution in [3.8, 4) is 0 Å². The highest BCUT2D eigenvalue weighted by Gasteiger charge is 2.36. The van der Waals surface area contributed by atoms with Crippen LogP contribution in [0.15, 0.2) is 24.5 Å². The summed E-state index contributed by atoms with van der Waals surface area (Å²) in [5.74, 6) is 1.20. The molecule has 1 aliphatic rings. The van der Waals surface area contributed by atoms with Gasteiger partial charge in [-0.2, -0.15) is 5.10 Å². The van der Waals surface area contributed by atoms with Gasteiger partial charge in [0.25, 0.3) is 5.91 Å². The maximum atomic E-state index is 13.2. The first-order valence-corrected chi connectivity index (χ1v) is 9.55.